The monoisotopic (exact) mass is 710 g/mol. The molecule has 13 nitrogen and oxygen atoms in total. The third-order valence-corrected chi connectivity index (χ3v) is 11.9. The van der Waals surface area contributed by atoms with E-state index in [1.807, 2.05) is 18.2 Å². The standard InChI is InChI=1S/C37H42N8O5S/c46-24-27-3-1-26(2-4-27)20-39-33-19-35(42-34-13-16-38-36(43-34)30-22-41-45(23-30)51(49,50)32-11-12-32)40-21-29(33)10-7-25-5-8-28(9-6-25)37(48)44-17-14-31(47)15-18-44/h5-6,8-9,13,16,19,21-23,26-27,31-32,46-47H,1-4,11-12,14-15,17-18,20,24H2,(H2,38,39,40,42,43)/t26-,27-. The number of amides is 1. The molecule has 0 bridgehead atoms. The van der Waals surface area contributed by atoms with E-state index in [-0.39, 0.29) is 23.9 Å². The Morgan fingerprint density at radius 2 is 1.65 bits per heavy atom. The molecule has 2 saturated carbocycles. The minimum absolute atomic E-state index is 0.0411. The molecule has 0 spiro atoms. The van der Waals surface area contributed by atoms with Gasteiger partial charge >= 0.3 is 0 Å². The van der Waals surface area contributed by atoms with Crippen LogP contribution in [0.1, 0.15) is 72.9 Å². The van der Waals surface area contributed by atoms with Crippen LogP contribution in [0.4, 0.5) is 17.3 Å². The Balaban J connectivity index is 1.08. The molecule has 3 aromatic heterocycles. The molecule has 2 aliphatic carbocycles. The number of aromatic nitrogens is 5. The minimum atomic E-state index is -3.50. The van der Waals surface area contributed by atoms with E-state index in [1.54, 1.807) is 35.5 Å². The van der Waals surface area contributed by atoms with Gasteiger partial charge in [-0.25, -0.2) is 23.4 Å². The summed E-state index contributed by atoms with van der Waals surface area (Å²) < 4.78 is 26.2. The van der Waals surface area contributed by atoms with Crippen molar-refractivity contribution in [2.75, 3.05) is 36.9 Å². The summed E-state index contributed by atoms with van der Waals surface area (Å²) in [6.07, 6.45) is 12.5. The highest BCUT2D eigenvalue weighted by molar-refractivity contribution is 7.90. The van der Waals surface area contributed by atoms with Crippen LogP contribution >= 0.6 is 0 Å². The van der Waals surface area contributed by atoms with Crippen molar-refractivity contribution in [3.63, 3.8) is 0 Å². The first-order valence-electron chi connectivity index (χ1n) is 17.6. The molecule has 14 heteroatoms. The van der Waals surface area contributed by atoms with E-state index in [0.29, 0.717) is 84.8 Å². The molecule has 1 aliphatic heterocycles. The van der Waals surface area contributed by atoms with Crippen LogP contribution in [0.5, 0.6) is 0 Å². The second kappa shape index (κ2) is 15.2. The van der Waals surface area contributed by atoms with Crippen LogP contribution in [0.2, 0.25) is 0 Å². The maximum absolute atomic E-state index is 12.9. The molecule has 1 aromatic carbocycles. The average Bonchev–Trinajstić information content (AvgIpc) is 3.91. The van der Waals surface area contributed by atoms with Gasteiger partial charge in [-0.15, -0.1) is 0 Å². The van der Waals surface area contributed by atoms with Crippen LogP contribution in [0, 0.1) is 23.7 Å². The number of carbonyl (C=O) groups is 1. The number of benzene rings is 1. The number of aliphatic hydroxyl groups excluding tert-OH is 2. The third-order valence-electron chi connectivity index (χ3n) is 9.87. The molecule has 1 amide bonds. The molecule has 0 atom stereocenters. The molecular formula is C37H42N8O5S. The van der Waals surface area contributed by atoms with Gasteiger partial charge in [-0.2, -0.15) is 9.19 Å². The van der Waals surface area contributed by atoms with Crippen molar-refractivity contribution >= 4 is 33.3 Å². The Labute approximate surface area is 297 Å². The number of likely N-dealkylation sites (tertiary alicyclic amines) is 1. The maximum Gasteiger partial charge on any atom is 0.256 e. The predicted octanol–water partition coefficient (Wildman–Crippen LogP) is 4.03. The van der Waals surface area contributed by atoms with E-state index in [2.05, 4.69) is 42.5 Å². The highest BCUT2D eigenvalue weighted by Gasteiger charge is 2.37. The van der Waals surface area contributed by atoms with Crippen molar-refractivity contribution in [3.8, 4) is 23.2 Å². The molecule has 4 heterocycles. The third kappa shape index (κ3) is 8.39. The summed E-state index contributed by atoms with van der Waals surface area (Å²) in [5, 5.41) is 29.9. The first-order valence-corrected chi connectivity index (χ1v) is 19.1. The van der Waals surface area contributed by atoms with Crippen LogP contribution in [-0.2, 0) is 10.0 Å². The average molecular weight is 711 g/mol. The van der Waals surface area contributed by atoms with Crippen LogP contribution < -0.4 is 10.6 Å². The van der Waals surface area contributed by atoms with Crippen molar-refractivity contribution in [1.82, 2.24) is 29.0 Å². The number of nitrogens with zero attached hydrogens (tertiary/aromatic N) is 6. The number of piperidine rings is 1. The summed E-state index contributed by atoms with van der Waals surface area (Å²) in [7, 11) is -3.50. The molecule has 266 valence electrons. The summed E-state index contributed by atoms with van der Waals surface area (Å²) in [5.41, 5.74) is 3.37. The summed E-state index contributed by atoms with van der Waals surface area (Å²) >= 11 is 0. The lowest BCUT2D eigenvalue weighted by molar-refractivity contribution is 0.0546. The zero-order valence-corrected chi connectivity index (χ0v) is 29.1. The Hall–Kier alpha value is -4.84. The van der Waals surface area contributed by atoms with Gasteiger partial charge in [-0.05, 0) is 93.5 Å². The molecule has 51 heavy (non-hydrogen) atoms. The molecule has 0 radical (unpaired) electrons. The quantitative estimate of drug-likeness (QED) is 0.175. The fourth-order valence-corrected chi connectivity index (χ4v) is 7.98. The number of anilines is 3. The van der Waals surface area contributed by atoms with E-state index in [4.69, 9.17) is 0 Å². The van der Waals surface area contributed by atoms with Gasteiger partial charge in [-0.1, -0.05) is 11.8 Å². The van der Waals surface area contributed by atoms with Crippen LogP contribution in [0.15, 0.2) is 61.2 Å². The van der Waals surface area contributed by atoms with Crippen LogP contribution in [-0.4, -0.2) is 91.2 Å². The number of rotatable bonds is 10. The van der Waals surface area contributed by atoms with Gasteiger partial charge < -0.3 is 25.7 Å². The lowest BCUT2D eigenvalue weighted by Gasteiger charge is -2.29. The largest absolute Gasteiger partial charge is 0.396 e. The molecule has 3 fully saturated rings. The number of hydrogen-bond donors (Lipinski definition) is 4. The van der Waals surface area contributed by atoms with Crippen molar-refractivity contribution < 1.29 is 23.4 Å². The molecule has 3 aliphatic rings. The van der Waals surface area contributed by atoms with Crippen molar-refractivity contribution in [1.29, 1.82) is 0 Å². The molecular weight excluding hydrogens is 669 g/mol. The van der Waals surface area contributed by atoms with Gasteiger partial charge in [0.2, 0.25) is 0 Å². The van der Waals surface area contributed by atoms with Crippen LogP contribution in [0.3, 0.4) is 0 Å². The van der Waals surface area contributed by atoms with Crippen molar-refractivity contribution in [2.45, 2.75) is 62.7 Å². The van der Waals surface area contributed by atoms with Gasteiger partial charge in [0.05, 0.1) is 40.6 Å². The smallest absolute Gasteiger partial charge is 0.256 e. The topological polar surface area (TPSA) is 175 Å². The molecule has 4 N–H and O–H groups in total. The van der Waals surface area contributed by atoms with Gasteiger partial charge in [0.15, 0.2) is 5.82 Å². The summed E-state index contributed by atoms with van der Waals surface area (Å²) in [6.45, 7) is 2.10. The first kappa shape index (κ1) is 34.6. The Morgan fingerprint density at radius 1 is 0.902 bits per heavy atom. The number of aliphatic hydroxyl groups is 2. The second-order valence-corrected chi connectivity index (χ2v) is 15.7. The molecule has 4 aromatic rings. The predicted molar refractivity (Wildman–Crippen MR) is 193 cm³/mol. The lowest BCUT2D eigenvalue weighted by Crippen LogP contribution is -2.40. The number of pyridine rings is 1. The molecule has 7 rings (SSSR count). The Bertz CT molecular complexity index is 2020. The zero-order chi connectivity index (χ0) is 35.4. The summed E-state index contributed by atoms with van der Waals surface area (Å²) in [4.78, 5) is 28.3. The Morgan fingerprint density at radius 3 is 2.37 bits per heavy atom. The lowest BCUT2D eigenvalue weighted by atomic mass is 9.82. The Kier molecular flexibility index (Phi) is 10.3. The SMILES string of the molecule is O=C(c1ccc(C#Cc2cnc(Nc3ccnc(-c4cnn(S(=O)(=O)C5CC5)c4)n3)cc2NC[C@H]2CC[C@H](CO)CC2)cc1)N1CCC(O)CC1. The van der Waals surface area contributed by atoms with E-state index in [0.717, 1.165) is 47.6 Å². The highest BCUT2D eigenvalue weighted by atomic mass is 32.2. The maximum atomic E-state index is 12.9. The highest BCUT2D eigenvalue weighted by Crippen LogP contribution is 2.31. The van der Waals surface area contributed by atoms with E-state index < -0.39 is 10.0 Å². The number of carbonyl (C=O) groups excluding carboxylic acids is 1. The first-order chi connectivity index (χ1) is 24.7. The van der Waals surface area contributed by atoms with Gasteiger partial charge in [0.25, 0.3) is 15.9 Å². The van der Waals surface area contributed by atoms with Gasteiger partial charge in [0.1, 0.15) is 11.6 Å². The fraction of sp³-hybridized carbons (Fsp3) is 0.432. The number of nitrogens with one attached hydrogen (secondary N) is 2. The van der Waals surface area contributed by atoms with Gasteiger partial charge in [0, 0.05) is 55.8 Å². The fourth-order valence-electron chi connectivity index (χ4n) is 6.51. The molecule has 1 saturated heterocycles. The summed E-state index contributed by atoms with van der Waals surface area (Å²) in [6, 6.07) is 10.9. The number of hydrogen-bond acceptors (Lipinski definition) is 11. The summed E-state index contributed by atoms with van der Waals surface area (Å²) in [5.74, 6) is 8.63. The normalized spacial score (nSPS) is 19.6. The van der Waals surface area contributed by atoms with E-state index in [9.17, 15) is 23.4 Å². The molecule has 0 unspecified atom stereocenters. The zero-order valence-electron chi connectivity index (χ0n) is 28.3. The van der Waals surface area contributed by atoms with Gasteiger partial charge in [-0.3, -0.25) is 4.79 Å². The van der Waals surface area contributed by atoms with E-state index >= 15 is 0 Å². The second-order valence-electron chi connectivity index (χ2n) is 13.7. The van der Waals surface area contributed by atoms with Crippen molar-refractivity contribution in [3.05, 3.63) is 77.9 Å². The van der Waals surface area contributed by atoms with Crippen LogP contribution in [0.25, 0.3) is 11.4 Å². The van der Waals surface area contributed by atoms with Crippen molar-refractivity contribution in [2.24, 2.45) is 11.8 Å². The minimum Gasteiger partial charge on any atom is -0.396 e. The van der Waals surface area contributed by atoms with E-state index in [1.165, 1.54) is 12.4 Å².